The number of aromatic nitrogens is 2. The highest BCUT2D eigenvalue weighted by atomic mass is 35.5. The summed E-state index contributed by atoms with van der Waals surface area (Å²) in [7, 11) is 0. The average Bonchev–Trinajstić information content (AvgIpc) is 2.18. The second kappa shape index (κ2) is 4.05. The maximum Gasteiger partial charge on any atom is 0.151 e. The first-order valence-electron chi connectivity index (χ1n) is 4.62. The van der Waals surface area contributed by atoms with Crippen molar-refractivity contribution in [3.05, 3.63) is 23.0 Å². The largest absolute Gasteiger partial charge is 0.154 e. The Morgan fingerprint density at radius 1 is 1.23 bits per heavy atom. The highest BCUT2D eigenvalue weighted by Gasteiger charge is 2.23. The van der Waals surface area contributed by atoms with E-state index in [4.69, 9.17) is 11.6 Å². The standard InChI is InChI=1S/C10H15ClN2/c1-4-10(3,5-2)8-6-7-9(11)13-12-8/h6-7H,4-5H2,1-3H3. The summed E-state index contributed by atoms with van der Waals surface area (Å²) >= 11 is 5.67. The van der Waals surface area contributed by atoms with Gasteiger partial charge in [-0.05, 0) is 25.0 Å². The fourth-order valence-corrected chi connectivity index (χ4v) is 1.35. The van der Waals surface area contributed by atoms with Gasteiger partial charge in [-0.1, -0.05) is 32.4 Å². The highest BCUT2D eigenvalue weighted by Crippen LogP contribution is 2.28. The minimum Gasteiger partial charge on any atom is -0.154 e. The van der Waals surface area contributed by atoms with Gasteiger partial charge in [-0.3, -0.25) is 0 Å². The molecule has 1 aromatic rings. The lowest BCUT2D eigenvalue weighted by Gasteiger charge is -2.24. The molecule has 0 saturated carbocycles. The summed E-state index contributed by atoms with van der Waals surface area (Å²) in [4.78, 5) is 0. The fraction of sp³-hybridized carbons (Fsp3) is 0.600. The fourth-order valence-electron chi connectivity index (χ4n) is 1.25. The van der Waals surface area contributed by atoms with Crippen LogP contribution in [-0.2, 0) is 5.41 Å². The first-order valence-corrected chi connectivity index (χ1v) is 5.00. The van der Waals surface area contributed by atoms with E-state index in [1.54, 1.807) is 6.07 Å². The Hall–Kier alpha value is -0.630. The average molecular weight is 199 g/mol. The van der Waals surface area contributed by atoms with E-state index in [9.17, 15) is 0 Å². The second-order valence-corrected chi connectivity index (χ2v) is 3.90. The van der Waals surface area contributed by atoms with Gasteiger partial charge in [0.1, 0.15) is 0 Å². The summed E-state index contributed by atoms with van der Waals surface area (Å²) in [5, 5.41) is 8.42. The lowest BCUT2D eigenvalue weighted by atomic mass is 9.81. The van der Waals surface area contributed by atoms with E-state index in [0.717, 1.165) is 18.5 Å². The topological polar surface area (TPSA) is 25.8 Å². The molecule has 72 valence electrons. The van der Waals surface area contributed by atoms with Crippen LogP contribution < -0.4 is 0 Å². The van der Waals surface area contributed by atoms with Crippen LogP contribution in [-0.4, -0.2) is 10.2 Å². The van der Waals surface area contributed by atoms with Gasteiger partial charge < -0.3 is 0 Å². The van der Waals surface area contributed by atoms with Crippen molar-refractivity contribution in [2.24, 2.45) is 0 Å². The normalized spacial score (nSPS) is 11.7. The number of hydrogen-bond donors (Lipinski definition) is 0. The highest BCUT2D eigenvalue weighted by molar-refractivity contribution is 6.29. The van der Waals surface area contributed by atoms with E-state index in [1.165, 1.54) is 0 Å². The van der Waals surface area contributed by atoms with E-state index in [1.807, 2.05) is 6.07 Å². The van der Waals surface area contributed by atoms with Gasteiger partial charge in [-0.25, -0.2) is 0 Å². The smallest absolute Gasteiger partial charge is 0.151 e. The number of hydrogen-bond acceptors (Lipinski definition) is 2. The predicted octanol–water partition coefficient (Wildman–Crippen LogP) is 3.21. The van der Waals surface area contributed by atoms with Crippen LogP contribution in [0.25, 0.3) is 0 Å². The Kier molecular flexibility index (Phi) is 3.26. The van der Waals surface area contributed by atoms with Crippen LogP contribution in [0.15, 0.2) is 12.1 Å². The molecule has 1 heterocycles. The van der Waals surface area contributed by atoms with E-state index in [-0.39, 0.29) is 5.41 Å². The van der Waals surface area contributed by atoms with Gasteiger partial charge in [0.15, 0.2) is 5.15 Å². The van der Waals surface area contributed by atoms with Gasteiger partial charge in [-0.15, -0.1) is 5.10 Å². The van der Waals surface area contributed by atoms with Crippen molar-refractivity contribution >= 4 is 11.6 Å². The molecule has 0 aliphatic carbocycles. The van der Waals surface area contributed by atoms with Gasteiger partial charge >= 0.3 is 0 Å². The van der Waals surface area contributed by atoms with E-state index in [0.29, 0.717) is 5.15 Å². The molecule has 13 heavy (non-hydrogen) atoms. The third-order valence-electron chi connectivity index (χ3n) is 2.81. The van der Waals surface area contributed by atoms with Crippen LogP contribution in [0.2, 0.25) is 5.15 Å². The van der Waals surface area contributed by atoms with Crippen LogP contribution in [0, 0.1) is 0 Å². The zero-order chi connectivity index (χ0) is 9.90. The van der Waals surface area contributed by atoms with Crippen molar-refractivity contribution in [2.45, 2.75) is 39.0 Å². The number of halogens is 1. The quantitative estimate of drug-likeness (QED) is 0.746. The first-order chi connectivity index (χ1) is 6.12. The molecule has 0 atom stereocenters. The minimum atomic E-state index is 0.136. The second-order valence-electron chi connectivity index (χ2n) is 3.51. The van der Waals surface area contributed by atoms with Gasteiger partial charge in [0, 0.05) is 5.41 Å². The monoisotopic (exact) mass is 198 g/mol. The Morgan fingerprint density at radius 3 is 2.23 bits per heavy atom. The SMILES string of the molecule is CCC(C)(CC)c1ccc(Cl)nn1. The van der Waals surface area contributed by atoms with Crippen molar-refractivity contribution < 1.29 is 0 Å². The lowest BCUT2D eigenvalue weighted by molar-refractivity contribution is 0.421. The Balaban J connectivity index is 2.99. The van der Waals surface area contributed by atoms with Crippen LogP contribution in [0.1, 0.15) is 39.3 Å². The Bertz CT molecular complexity index is 265. The molecule has 1 aromatic heterocycles. The molecule has 0 amide bonds. The summed E-state index contributed by atoms with van der Waals surface area (Å²) in [5.74, 6) is 0. The predicted molar refractivity (Wildman–Crippen MR) is 55.0 cm³/mol. The molecule has 0 N–H and O–H groups in total. The zero-order valence-electron chi connectivity index (χ0n) is 8.34. The van der Waals surface area contributed by atoms with E-state index >= 15 is 0 Å². The molecule has 0 aliphatic heterocycles. The molecular weight excluding hydrogens is 184 g/mol. The third-order valence-corrected chi connectivity index (χ3v) is 3.01. The van der Waals surface area contributed by atoms with E-state index < -0.39 is 0 Å². The lowest BCUT2D eigenvalue weighted by Crippen LogP contribution is -2.21. The molecule has 0 radical (unpaired) electrons. The molecular formula is C10H15ClN2. The van der Waals surface area contributed by atoms with E-state index in [2.05, 4.69) is 31.0 Å². The first kappa shape index (κ1) is 10.5. The molecule has 0 aliphatic rings. The van der Waals surface area contributed by atoms with Crippen molar-refractivity contribution in [1.82, 2.24) is 10.2 Å². The van der Waals surface area contributed by atoms with Crippen molar-refractivity contribution in [1.29, 1.82) is 0 Å². The minimum absolute atomic E-state index is 0.136. The molecule has 3 heteroatoms. The summed E-state index contributed by atoms with van der Waals surface area (Å²) < 4.78 is 0. The number of rotatable bonds is 3. The molecule has 0 bridgehead atoms. The maximum atomic E-state index is 5.67. The van der Waals surface area contributed by atoms with Crippen LogP contribution in [0.5, 0.6) is 0 Å². The molecule has 0 aromatic carbocycles. The maximum absolute atomic E-state index is 5.67. The summed E-state index contributed by atoms with van der Waals surface area (Å²) in [6, 6.07) is 3.76. The molecule has 0 saturated heterocycles. The van der Waals surface area contributed by atoms with Gasteiger partial charge in [0.2, 0.25) is 0 Å². The molecule has 2 nitrogen and oxygen atoms in total. The molecule has 0 unspecified atom stereocenters. The Labute approximate surface area is 84.3 Å². The van der Waals surface area contributed by atoms with Crippen molar-refractivity contribution in [3.63, 3.8) is 0 Å². The molecule has 0 spiro atoms. The van der Waals surface area contributed by atoms with Crippen LogP contribution in [0.3, 0.4) is 0 Å². The summed E-state index contributed by atoms with van der Waals surface area (Å²) in [6.45, 7) is 6.53. The van der Waals surface area contributed by atoms with Gasteiger partial charge in [-0.2, -0.15) is 5.10 Å². The van der Waals surface area contributed by atoms with Crippen molar-refractivity contribution in [3.8, 4) is 0 Å². The van der Waals surface area contributed by atoms with Gasteiger partial charge in [0.25, 0.3) is 0 Å². The third kappa shape index (κ3) is 2.19. The van der Waals surface area contributed by atoms with Crippen LogP contribution in [0.4, 0.5) is 0 Å². The summed E-state index contributed by atoms with van der Waals surface area (Å²) in [6.07, 6.45) is 2.14. The zero-order valence-corrected chi connectivity index (χ0v) is 9.10. The van der Waals surface area contributed by atoms with Gasteiger partial charge in [0.05, 0.1) is 5.69 Å². The van der Waals surface area contributed by atoms with Crippen molar-refractivity contribution in [2.75, 3.05) is 0 Å². The Morgan fingerprint density at radius 2 is 1.85 bits per heavy atom. The molecule has 0 fully saturated rings. The number of nitrogens with zero attached hydrogens (tertiary/aromatic N) is 2. The van der Waals surface area contributed by atoms with Crippen LogP contribution >= 0.6 is 11.6 Å². The summed E-state index contributed by atoms with van der Waals surface area (Å²) in [5.41, 5.74) is 1.17. The molecule has 1 rings (SSSR count).